The van der Waals surface area contributed by atoms with Gasteiger partial charge < -0.3 is 25.3 Å². The van der Waals surface area contributed by atoms with Crippen molar-refractivity contribution < 1.29 is 37.4 Å². The second-order valence-corrected chi connectivity index (χ2v) is 12.5. The molecule has 3 heterocycles. The number of thioether (sulfide) groups is 1. The van der Waals surface area contributed by atoms with Crippen molar-refractivity contribution in [2.75, 3.05) is 37.9 Å². The molecule has 0 bridgehead atoms. The lowest BCUT2D eigenvalue weighted by Gasteiger charge is -2.22. The Labute approximate surface area is 244 Å². The van der Waals surface area contributed by atoms with Crippen molar-refractivity contribution in [3.63, 3.8) is 0 Å². The zero-order valence-electron chi connectivity index (χ0n) is 24.3. The molecule has 4 atom stereocenters. The van der Waals surface area contributed by atoms with E-state index in [0.29, 0.717) is 48.8 Å². The Morgan fingerprint density at radius 1 is 1.32 bits per heavy atom. The van der Waals surface area contributed by atoms with Crippen LogP contribution in [0.15, 0.2) is 6.33 Å². The standard InChI is InChI=1S/C25H39N6O8PS/c1-7-35-20-18-19(29-23(26)30-20)31(14-28-18)21-16(4)12-17(39-21)13-37-40(34)36-10-11-41-22(32)25(5,6)8-9-27-24(33)38-15(2)3/h14-17,21H,7-13H2,1-6H3,(H2-,26,27,29,30,33)/p+1/t16-,17-,21+/m0/s1. The van der Waals surface area contributed by atoms with E-state index < -0.39 is 19.8 Å². The van der Waals surface area contributed by atoms with Crippen molar-refractivity contribution in [1.29, 1.82) is 0 Å². The van der Waals surface area contributed by atoms with Gasteiger partial charge in [-0.1, -0.05) is 32.5 Å². The number of hydrogen-bond acceptors (Lipinski definition) is 13. The lowest BCUT2D eigenvalue weighted by Crippen LogP contribution is -2.32. The van der Waals surface area contributed by atoms with Crippen molar-refractivity contribution >= 4 is 48.3 Å². The van der Waals surface area contributed by atoms with Crippen LogP contribution in [0.3, 0.4) is 0 Å². The molecule has 1 fully saturated rings. The number of nitrogen functional groups attached to an aromatic ring is 1. The van der Waals surface area contributed by atoms with E-state index in [9.17, 15) is 14.2 Å². The summed E-state index contributed by atoms with van der Waals surface area (Å²) >= 11 is 1.09. The molecule has 0 aromatic carbocycles. The highest BCUT2D eigenvalue weighted by Crippen LogP contribution is 2.38. The fraction of sp³-hybridized carbons (Fsp3) is 0.720. The third-order valence-corrected chi connectivity index (χ3v) is 8.15. The minimum absolute atomic E-state index is 0.0527. The number of aromatic nitrogens is 4. The Hall–Kier alpha value is -2.58. The number of hydrogen-bond donors (Lipinski definition) is 2. The fourth-order valence-corrected chi connectivity index (χ4v) is 5.72. The monoisotopic (exact) mass is 615 g/mol. The normalized spacial score (nSPS) is 19.5. The number of fused-ring (bicyclic) bond motifs is 1. The van der Waals surface area contributed by atoms with Gasteiger partial charge in [0.05, 0.1) is 25.1 Å². The number of amides is 1. The summed E-state index contributed by atoms with van der Waals surface area (Å²) in [6.07, 6.45) is 1.32. The Balaban J connectivity index is 1.38. The molecule has 2 aromatic rings. The van der Waals surface area contributed by atoms with Gasteiger partial charge >= 0.3 is 14.3 Å². The van der Waals surface area contributed by atoms with E-state index in [-0.39, 0.29) is 48.6 Å². The predicted molar refractivity (Wildman–Crippen MR) is 154 cm³/mol. The smallest absolute Gasteiger partial charge is 0.476 e. The summed E-state index contributed by atoms with van der Waals surface area (Å²) in [6, 6.07) is 0. The Morgan fingerprint density at radius 3 is 2.78 bits per heavy atom. The van der Waals surface area contributed by atoms with Crippen LogP contribution in [-0.4, -0.2) is 75.1 Å². The second-order valence-electron chi connectivity index (χ2n) is 10.5. The molecule has 0 radical (unpaired) electrons. The largest absolute Gasteiger partial charge is 0.697 e. The van der Waals surface area contributed by atoms with Gasteiger partial charge in [0, 0.05) is 28.2 Å². The first-order valence-electron chi connectivity index (χ1n) is 13.5. The molecule has 41 heavy (non-hydrogen) atoms. The Bertz CT molecular complexity index is 1210. The Morgan fingerprint density at radius 2 is 2.07 bits per heavy atom. The van der Waals surface area contributed by atoms with E-state index >= 15 is 0 Å². The molecule has 1 aliphatic rings. The molecule has 3 N–H and O–H groups in total. The third-order valence-electron chi connectivity index (χ3n) is 6.21. The molecule has 16 heteroatoms. The maximum Gasteiger partial charge on any atom is 0.697 e. The predicted octanol–water partition coefficient (Wildman–Crippen LogP) is 4.23. The van der Waals surface area contributed by atoms with Gasteiger partial charge in [0.2, 0.25) is 11.8 Å². The van der Waals surface area contributed by atoms with Crippen LogP contribution in [0.4, 0.5) is 10.7 Å². The van der Waals surface area contributed by atoms with Gasteiger partial charge in [0.1, 0.15) is 19.4 Å². The molecule has 3 rings (SSSR count). The second kappa shape index (κ2) is 15.1. The van der Waals surface area contributed by atoms with Gasteiger partial charge in [-0.15, -0.1) is 9.05 Å². The van der Waals surface area contributed by atoms with Crippen LogP contribution in [0.5, 0.6) is 5.88 Å². The molecule has 1 unspecified atom stereocenters. The molecule has 0 spiro atoms. The highest BCUT2D eigenvalue weighted by Gasteiger charge is 2.37. The molecule has 0 aliphatic carbocycles. The molecule has 1 saturated heterocycles. The minimum Gasteiger partial charge on any atom is -0.476 e. The van der Waals surface area contributed by atoms with Crippen molar-refractivity contribution in [1.82, 2.24) is 24.8 Å². The van der Waals surface area contributed by atoms with Gasteiger partial charge in [-0.25, -0.2) is 9.78 Å². The molecule has 0 saturated carbocycles. The first kappa shape index (κ1) is 32.9. The summed E-state index contributed by atoms with van der Waals surface area (Å²) < 4.78 is 41.5. The van der Waals surface area contributed by atoms with Crippen molar-refractivity contribution in [2.45, 2.75) is 72.8 Å². The van der Waals surface area contributed by atoms with Crippen LogP contribution in [-0.2, 0) is 27.9 Å². The maximum atomic E-state index is 12.6. The summed E-state index contributed by atoms with van der Waals surface area (Å²) in [7, 11) is -2.38. The van der Waals surface area contributed by atoms with E-state index in [4.69, 9.17) is 29.0 Å². The van der Waals surface area contributed by atoms with Crippen molar-refractivity contribution in [3.8, 4) is 5.88 Å². The molecule has 1 amide bonds. The van der Waals surface area contributed by atoms with E-state index in [1.54, 1.807) is 24.7 Å². The number of nitrogens with zero attached hydrogens (tertiary/aromatic N) is 4. The number of anilines is 1. The first-order valence-corrected chi connectivity index (χ1v) is 15.6. The number of rotatable bonds is 15. The lowest BCUT2D eigenvalue weighted by atomic mass is 9.91. The fourth-order valence-electron chi connectivity index (χ4n) is 4.15. The van der Waals surface area contributed by atoms with E-state index in [0.717, 1.165) is 11.8 Å². The molecule has 1 aliphatic heterocycles. The van der Waals surface area contributed by atoms with Gasteiger partial charge in [-0.05, 0) is 33.6 Å². The van der Waals surface area contributed by atoms with Gasteiger partial charge in [-0.3, -0.25) is 9.36 Å². The van der Waals surface area contributed by atoms with Crippen molar-refractivity contribution in [3.05, 3.63) is 6.33 Å². The lowest BCUT2D eigenvalue weighted by molar-refractivity contribution is -0.118. The van der Waals surface area contributed by atoms with Crippen LogP contribution in [0.2, 0.25) is 0 Å². The number of ether oxygens (including phenoxy) is 3. The number of carbonyl (C=O) groups excluding carboxylic acids is 2. The molecule has 228 valence electrons. The van der Waals surface area contributed by atoms with Crippen LogP contribution >= 0.6 is 20.0 Å². The van der Waals surface area contributed by atoms with Crippen LogP contribution in [0.25, 0.3) is 11.2 Å². The molecule has 2 aromatic heterocycles. The van der Waals surface area contributed by atoms with Crippen molar-refractivity contribution in [2.24, 2.45) is 11.3 Å². The average Bonchev–Trinajstić information content (AvgIpc) is 3.47. The zero-order chi connectivity index (χ0) is 30.2. The number of imidazole rings is 1. The quantitative estimate of drug-likeness (QED) is 0.215. The number of nitrogens with one attached hydrogen (secondary N) is 1. The molecule has 14 nitrogen and oxygen atoms in total. The summed E-state index contributed by atoms with van der Waals surface area (Å²) in [4.78, 5) is 37.0. The van der Waals surface area contributed by atoms with Gasteiger partial charge in [0.15, 0.2) is 16.3 Å². The third kappa shape index (κ3) is 9.47. The highest BCUT2D eigenvalue weighted by atomic mass is 32.2. The number of nitrogens with two attached hydrogens (primary N) is 1. The van der Waals surface area contributed by atoms with Crippen LogP contribution in [0.1, 0.15) is 60.6 Å². The van der Waals surface area contributed by atoms with E-state index in [2.05, 4.69) is 20.3 Å². The zero-order valence-corrected chi connectivity index (χ0v) is 26.0. The number of carbonyl (C=O) groups is 2. The summed E-state index contributed by atoms with van der Waals surface area (Å²) in [5.74, 6) is 0.800. The maximum absolute atomic E-state index is 12.6. The van der Waals surface area contributed by atoms with Crippen LogP contribution in [0, 0.1) is 11.3 Å². The van der Waals surface area contributed by atoms with Crippen LogP contribution < -0.4 is 15.8 Å². The highest BCUT2D eigenvalue weighted by molar-refractivity contribution is 8.13. The van der Waals surface area contributed by atoms with Gasteiger partial charge in [-0.2, -0.15) is 9.97 Å². The van der Waals surface area contributed by atoms with Gasteiger partial charge in [0.25, 0.3) is 0 Å². The summed E-state index contributed by atoms with van der Waals surface area (Å²) in [5.41, 5.74) is 6.21. The SMILES string of the molecule is CCOc1nc(N)nc2c1ncn2[C@@H]1O[C@H](CO[P+](=O)OCCSC(=O)C(C)(C)CCNC(=O)OC(C)C)C[C@@H]1C. The van der Waals surface area contributed by atoms with E-state index in [1.165, 1.54) is 0 Å². The average molecular weight is 616 g/mol. The minimum atomic E-state index is -2.38. The van der Waals surface area contributed by atoms with E-state index in [1.807, 2.05) is 27.7 Å². The summed E-state index contributed by atoms with van der Waals surface area (Å²) in [5, 5.41) is 2.59. The summed E-state index contributed by atoms with van der Waals surface area (Å²) in [6.45, 7) is 11.9. The number of alkyl carbamates (subject to hydrolysis) is 1. The molecular weight excluding hydrogens is 575 g/mol. The molecular formula is C25H40N6O8PS+. The topological polar surface area (TPSA) is 179 Å². The Kier molecular flexibility index (Phi) is 12.1. The first-order chi connectivity index (χ1) is 19.4.